The van der Waals surface area contributed by atoms with Gasteiger partial charge in [0, 0.05) is 6.20 Å². The number of ketones is 1. The summed E-state index contributed by atoms with van der Waals surface area (Å²) < 4.78 is 6.50. The third-order valence-corrected chi connectivity index (χ3v) is 4.26. The second-order valence-electron chi connectivity index (χ2n) is 7.25. The van der Waals surface area contributed by atoms with Gasteiger partial charge in [0.1, 0.15) is 19.2 Å². The lowest BCUT2D eigenvalue weighted by Crippen LogP contribution is -2.45. The minimum absolute atomic E-state index is 0.0151. The third kappa shape index (κ3) is 6.71. The molecule has 0 radical (unpaired) electrons. The van der Waals surface area contributed by atoms with Crippen LogP contribution in [0.25, 0.3) is 0 Å². The van der Waals surface area contributed by atoms with Crippen LogP contribution in [0.5, 0.6) is 0 Å². The molecular formula is C22H26N2O5. The van der Waals surface area contributed by atoms with Gasteiger partial charge in [-0.25, -0.2) is 4.79 Å². The summed E-state index contributed by atoms with van der Waals surface area (Å²) in [7, 11) is 0. The van der Waals surface area contributed by atoms with Crippen LogP contribution in [0, 0.1) is 5.92 Å². The van der Waals surface area contributed by atoms with E-state index < -0.39 is 23.5 Å². The summed E-state index contributed by atoms with van der Waals surface area (Å²) in [6.07, 6.45) is 1.83. The van der Waals surface area contributed by atoms with Crippen molar-refractivity contribution in [3.8, 4) is 0 Å². The second kappa shape index (κ2) is 10.4. The highest BCUT2D eigenvalue weighted by Crippen LogP contribution is 2.09. The molecule has 0 fully saturated rings. The van der Waals surface area contributed by atoms with Gasteiger partial charge in [-0.2, -0.15) is 0 Å². The van der Waals surface area contributed by atoms with Crippen molar-refractivity contribution in [2.75, 3.05) is 0 Å². The largest absolute Gasteiger partial charge is 0.459 e. The van der Waals surface area contributed by atoms with Crippen LogP contribution in [-0.4, -0.2) is 28.3 Å². The third-order valence-electron chi connectivity index (χ3n) is 4.26. The van der Waals surface area contributed by atoms with Gasteiger partial charge in [0.25, 0.3) is 5.56 Å². The fourth-order valence-electron chi connectivity index (χ4n) is 2.84. The fraction of sp³-hybridized carbons (Fsp3) is 0.364. The van der Waals surface area contributed by atoms with E-state index >= 15 is 0 Å². The molecule has 0 aliphatic carbocycles. The van der Waals surface area contributed by atoms with Crippen molar-refractivity contribution < 1.29 is 19.1 Å². The monoisotopic (exact) mass is 398 g/mol. The molecule has 1 amide bonds. The molecule has 0 saturated carbocycles. The van der Waals surface area contributed by atoms with E-state index in [0.717, 1.165) is 10.1 Å². The number of hydrogen-bond acceptors (Lipinski definition) is 5. The number of carbonyl (C=O) groups is 3. The molecule has 0 bridgehead atoms. The van der Waals surface area contributed by atoms with Crippen LogP contribution >= 0.6 is 0 Å². The van der Waals surface area contributed by atoms with Gasteiger partial charge in [-0.05, 0) is 37.0 Å². The fourth-order valence-corrected chi connectivity index (χ4v) is 2.84. The molecule has 1 aromatic carbocycles. The molecule has 7 nitrogen and oxygen atoms in total. The maximum absolute atomic E-state index is 12.5. The molecule has 2 rings (SSSR count). The van der Waals surface area contributed by atoms with Gasteiger partial charge in [-0.1, -0.05) is 44.2 Å². The smallest absolute Gasteiger partial charge is 0.328 e. The van der Waals surface area contributed by atoms with E-state index in [1.54, 1.807) is 0 Å². The van der Waals surface area contributed by atoms with Crippen molar-refractivity contribution >= 4 is 17.7 Å². The minimum atomic E-state index is -0.821. The Morgan fingerprint density at radius 1 is 1.07 bits per heavy atom. The van der Waals surface area contributed by atoms with Gasteiger partial charge in [-0.15, -0.1) is 0 Å². The number of aromatic nitrogens is 1. The number of carbonyl (C=O) groups excluding carboxylic acids is 3. The van der Waals surface area contributed by atoms with Crippen molar-refractivity contribution in [3.63, 3.8) is 0 Å². The van der Waals surface area contributed by atoms with Crippen LogP contribution in [-0.2, 0) is 27.5 Å². The van der Waals surface area contributed by atoms with Crippen LogP contribution < -0.4 is 10.9 Å². The van der Waals surface area contributed by atoms with Crippen LogP contribution in [0.3, 0.4) is 0 Å². The molecule has 29 heavy (non-hydrogen) atoms. The Morgan fingerprint density at radius 3 is 2.38 bits per heavy atom. The summed E-state index contributed by atoms with van der Waals surface area (Å²) in [6.45, 7) is 4.99. The number of Topliss-reactive ketones (excluding diaryl/α,β-unsaturated/α-hetero) is 1. The lowest BCUT2D eigenvalue weighted by molar-refractivity contribution is -0.149. The Balaban J connectivity index is 2.04. The zero-order valence-electron chi connectivity index (χ0n) is 16.9. The van der Waals surface area contributed by atoms with E-state index in [4.69, 9.17) is 4.74 Å². The Labute approximate surface area is 169 Å². The predicted molar refractivity (Wildman–Crippen MR) is 108 cm³/mol. The topological polar surface area (TPSA) is 94.5 Å². The molecule has 1 atom stereocenters. The van der Waals surface area contributed by atoms with Gasteiger partial charge >= 0.3 is 5.97 Å². The summed E-state index contributed by atoms with van der Waals surface area (Å²) in [5.74, 6) is -1.25. The first-order valence-electron chi connectivity index (χ1n) is 9.48. The number of hydrogen-bond donors (Lipinski definition) is 1. The van der Waals surface area contributed by atoms with Gasteiger partial charge < -0.3 is 14.6 Å². The lowest BCUT2D eigenvalue weighted by Gasteiger charge is -2.20. The molecule has 2 aromatic rings. The first kappa shape index (κ1) is 22.1. The Kier molecular flexibility index (Phi) is 7.88. The average molecular weight is 398 g/mol. The first-order chi connectivity index (χ1) is 13.8. The van der Waals surface area contributed by atoms with E-state index in [9.17, 15) is 19.2 Å². The Hall–Kier alpha value is -3.22. The number of nitrogens with one attached hydrogen (secondary N) is 1. The zero-order chi connectivity index (χ0) is 21.4. The van der Waals surface area contributed by atoms with E-state index in [-0.39, 0.29) is 30.4 Å². The van der Waals surface area contributed by atoms with Gasteiger partial charge in [0.15, 0.2) is 5.78 Å². The normalized spacial score (nSPS) is 11.7. The SMILES string of the molecule is CC(=O)c1cccn(CC(=O)NC(CC(C)C)C(=O)OCc2ccccc2)c1=O. The molecule has 1 unspecified atom stereocenters. The summed E-state index contributed by atoms with van der Waals surface area (Å²) >= 11 is 0. The highest BCUT2D eigenvalue weighted by molar-refractivity contribution is 5.93. The number of pyridine rings is 1. The van der Waals surface area contributed by atoms with Crippen LogP contribution in [0.1, 0.15) is 43.1 Å². The molecule has 7 heteroatoms. The maximum atomic E-state index is 12.5. The second-order valence-corrected chi connectivity index (χ2v) is 7.25. The van der Waals surface area contributed by atoms with Crippen molar-refractivity contribution in [3.05, 3.63) is 70.1 Å². The molecule has 0 aliphatic heterocycles. The zero-order valence-corrected chi connectivity index (χ0v) is 16.9. The van der Waals surface area contributed by atoms with E-state index in [1.807, 2.05) is 44.2 Å². The number of benzene rings is 1. The average Bonchev–Trinajstić information content (AvgIpc) is 2.67. The van der Waals surface area contributed by atoms with Gasteiger partial charge in [0.2, 0.25) is 5.91 Å². The van der Waals surface area contributed by atoms with Crippen LogP contribution in [0.4, 0.5) is 0 Å². The van der Waals surface area contributed by atoms with Crippen molar-refractivity contribution in [2.45, 2.75) is 46.4 Å². The summed E-state index contributed by atoms with van der Waals surface area (Å²) in [5.41, 5.74) is 0.326. The molecule has 0 saturated heterocycles. The Bertz CT molecular complexity index is 918. The number of nitrogens with zero attached hydrogens (tertiary/aromatic N) is 1. The summed E-state index contributed by atoms with van der Waals surface area (Å²) in [6, 6.07) is 11.4. The van der Waals surface area contributed by atoms with Crippen molar-refractivity contribution in [1.29, 1.82) is 0 Å². The minimum Gasteiger partial charge on any atom is -0.459 e. The van der Waals surface area contributed by atoms with Crippen molar-refractivity contribution in [1.82, 2.24) is 9.88 Å². The molecule has 1 aromatic heterocycles. The number of ether oxygens (including phenoxy) is 1. The quantitative estimate of drug-likeness (QED) is 0.517. The number of esters is 1. The van der Waals surface area contributed by atoms with Gasteiger partial charge in [-0.3, -0.25) is 14.4 Å². The molecular weight excluding hydrogens is 372 g/mol. The van der Waals surface area contributed by atoms with E-state index in [1.165, 1.54) is 25.3 Å². The van der Waals surface area contributed by atoms with Gasteiger partial charge in [0.05, 0.1) is 5.56 Å². The van der Waals surface area contributed by atoms with Crippen LogP contribution in [0.2, 0.25) is 0 Å². The maximum Gasteiger partial charge on any atom is 0.328 e. The molecule has 0 aliphatic rings. The first-order valence-corrected chi connectivity index (χ1v) is 9.48. The lowest BCUT2D eigenvalue weighted by atomic mass is 10.0. The van der Waals surface area contributed by atoms with Crippen molar-refractivity contribution in [2.24, 2.45) is 5.92 Å². The van der Waals surface area contributed by atoms with Crippen LogP contribution in [0.15, 0.2) is 53.5 Å². The molecule has 154 valence electrons. The highest BCUT2D eigenvalue weighted by Gasteiger charge is 2.24. The highest BCUT2D eigenvalue weighted by atomic mass is 16.5. The van der Waals surface area contributed by atoms with E-state index in [2.05, 4.69) is 5.32 Å². The predicted octanol–water partition coefficient (Wildman–Crippen LogP) is 2.33. The molecule has 1 heterocycles. The Morgan fingerprint density at radius 2 is 1.76 bits per heavy atom. The summed E-state index contributed by atoms with van der Waals surface area (Å²) in [4.78, 5) is 48.7. The molecule has 0 spiro atoms. The number of amides is 1. The number of rotatable bonds is 9. The molecule has 1 N–H and O–H groups in total. The van der Waals surface area contributed by atoms with E-state index in [0.29, 0.717) is 6.42 Å². The summed E-state index contributed by atoms with van der Waals surface area (Å²) in [5, 5.41) is 2.65. The standard InChI is InChI=1S/C22H26N2O5/c1-15(2)12-19(22(28)29-14-17-8-5-4-6-9-17)23-20(26)13-24-11-7-10-18(16(3)25)21(24)27/h4-11,15,19H,12-14H2,1-3H3,(H,23,26).